The number of benzene rings is 2. The van der Waals surface area contributed by atoms with Gasteiger partial charge in [-0.3, -0.25) is 19.2 Å². The first-order valence-corrected chi connectivity index (χ1v) is 18.5. The Morgan fingerprint density at radius 3 is 2.74 bits per heavy atom. The third-order valence-electron chi connectivity index (χ3n) is 9.94. The van der Waals surface area contributed by atoms with Gasteiger partial charge in [-0.1, -0.05) is 23.7 Å². The molecular weight excluding hydrogens is 670 g/mol. The maximum Gasteiger partial charge on any atom is 0.354 e. The number of hydrogen-bond acceptors (Lipinski definition) is 8. The van der Waals surface area contributed by atoms with Crippen molar-refractivity contribution in [1.29, 1.82) is 0 Å². The molecule has 4 aromatic heterocycles. The molecule has 0 N–H and O–H groups in total. The summed E-state index contributed by atoms with van der Waals surface area (Å²) < 4.78 is 18.0. The second kappa shape index (κ2) is 13.4. The highest BCUT2D eigenvalue weighted by Crippen LogP contribution is 2.43. The number of hydrogen-bond donors (Lipinski definition) is 0. The molecule has 0 saturated heterocycles. The van der Waals surface area contributed by atoms with Crippen LogP contribution in [0.5, 0.6) is 5.75 Å². The number of carbonyl (C=O) groups excluding carboxylic acids is 1. The fourth-order valence-corrected chi connectivity index (χ4v) is 8.91. The van der Waals surface area contributed by atoms with Crippen LogP contribution >= 0.6 is 23.4 Å². The Hall–Kier alpha value is -4.32. The van der Waals surface area contributed by atoms with Gasteiger partial charge in [0.2, 0.25) is 0 Å². The van der Waals surface area contributed by atoms with E-state index < -0.39 is 0 Å². The number of ether oxygens (including phenoxy) is 2. The summed E-state index contributed by atoms with van der Waals surface area (Å²) >= 11 is 8.95. The molecule has 6 aromatic rings. The van der Waals surface area contributed by atoms with Gasteiger partial charge in [0.05, 0.1) is 35.6 Å². The minimum Gasteiger partial charge on any atom is -0.491 e. The van der Waals surface area contributed by atoms with Gasteiger partial charge in [-0.25, -0.2) is 4.79 Å². The Bertz CT molecular complexity index is 2270. The fourth-order valence-electron chi connectivity index (χ4n) is 7.68. The van der Waals surface area contributed by atoms with Crippen LogP contribution < -0.4 is 4.74 Å². The number of aryl methyl sites for hydroxylation is 4. The molecule has 0 fully saturated rings. The van der Waals surface area contributed by atoms with E-state index in [1.807, 2.05) is 41.5 Å². The van der Waals surface area contributed by atoms with E-state index in [1.165, 1.54) is 12.8 Å². The molecule has 6 heterocycles. The standard InChI is InChI=1S/C38H40ClN7O3S/c1-43-20-24-18-25(45(3)41-24)22-50-26-17-23-9-7-14-40-35(23)32(19-26)49-16-8-10-27-28-12-13-29(39)33(36(28)44(2)37(27)38(47)48-4)34-30(21-43)42-46-15-6-5-11-31(34)46/h7,9,12-14,17-19H,5-6,8,10-11,15-16,20-22H2,1-4H3. The summed E-state index contributed by atoms with van der Waals surface area (Å²) in [6.07, 6.45) is 6.21. The van der Waals surface area contributed by atoms with E-state index in [2.05, 4.69) is 45.9 Å². The number of thioether (sulfide) groups is 1. The average molecular weight is 710 g/mol. The molecule has 0 saturated carbocycles. The topological polar surface area (TPSA) is 92.2 Å². The van der Waals surface area contributed by atoms with Crippen LogP contribution in [-0.2, 0) is 57.1 Å². The Balaban J connectivity index is 1.29. The van der Waals surface area contributed by atoms with Gasteiger partial charge in [0, 0.05) is 83.9 Å². The number of aromatic nitrogens is 6. The smallest absolute Gasteiger partial charge is 0.354 e. The third-order valence-corrected chi connectivity index (χ3v) is 11.3. The molecular formula is C38H40ClN7O3S. The predicted molar refractivity (Wildman–Crippen MR) is 197 cm³/mol. The first-order valence-electron chi connectivity index (χ1n) is 17.1. The monoisotopic (exact) mass is 709 g/mol. The normalized spacial score (nSPS) is 15.8. The first kappa shape index (κ1) is 32.9. The molecule has 0 amide bonds. The quantitative estimate of drug-likeness (QED) is 0.164. The zero-order chi connectivity index (χ0) is 34.5. The third kappa shape index (κ3) is 5.84. The van der Waals surface area contributed by atoms with Crippen molar-refractivity contribution in [3.63, 3.8) is 0 Å². The first-order chi connectivity index (χ1) is 24.3. The predicted octanol–water partition coefficient (Wildman–Crippen LogP) is 7.35. The molecule has 50 heavy (non-hydrogen) atoms. The number of esters is 1. The van der Waals surface area contributed by atoms with E-state index in [1.54, 1.807) is 18.0 Å². The van der Waals surface area contributed by atoms with E-state index in [4.69, 9.17) is 31.3 Å². The number of rotatable bonds is 1. The van der Waals surface area contributed by atoms with E-state index in [0.717, 1.165) is 97.8 Å². The second-order valence-electron chi connectivity index (χ2n) is 13.3. The largest absolute Gasteiger partial charge is 0.491 e. The molecule has 12 heteroatoms. The summed E-state index contributed by atoms with van der Waals surface area (Å²) in [5.74, 6) is 1.15. The fraction of sp³-hybridized carbons (Fsp3) is 0.368. The summed E-state index contributed by atoms with van der Waals surface area (Å²) in [5, 5.41) is 12.7. The molecule has 2 aliphatic rings. The number of halogens is 1. The lowest BCUT2D eigenvalue weighted by Gasteiger charge is -2.18. The summed E-state index contributed by atoms with van der Waals surface area (Å²) in [4.78, 5) is 21.5. The summed E-state index contributed by atoms with van der Waals surface area (Å²) in [7, 11) is 7.50. The SMILES string of the molecule is COC(=O)c1c2c3ccc(Cl)c(c3n1C)-c1c(nn3c1CCCC3)CN(C)Cc1cc(n(C)n1)CSc1cc(c3ncccc3c1)OCCC2. The van der Waals surface area contributed by atoms with Gasteiger partial charge < -0.3 is 14.0 Å². The molecule has 0 spiro atoms. The molecule has 2 aliphatic heterocycles. The van der Waals surface area contributed by atoms with Crippen LogP contribution in [0.3, 0.4) is 0 Å². The number of nitrogens with zero attached hydrogens (tertiary/aromatic N) is 7. The molecule has 0 atom stereocenters. The maximum atomic E-state index is 13.5. The Labute approximate surface area is 300 Å². The molecule has 0 aliphatic carbocycles. The Morgan fingerprint density at radius 2 is 1.88 bits per heavy atom. The van der Waals surface area contributed by atoms with Crippen LogP contribution in [-0.4, -0.2) is 60.7 Å². The van der Waals surface area contributed by atoms with Crippen molar-refractivity contribution in [3.8, 4) is 16.9 Å². The summed E-state index contributed by atoms with van der Waals surface area (Å²) in [5.41, 5.74) is 9.53. The van der Waals surface area contributed by atoms with Crippen molar-refractivity contribution >= 4 is 51.1 Å². The van der Waals surface area contributed by atoms with Gasteiger partial charge in [0.15, 0.2) is 0 Å². The van der Waals surface area contributed by atoms with Crippen molar-refractivity contribution in [3.05, 3.63) is 87.7 Å². The van der Waals surface area contributed by atoms with Crippen LogP contribution in [0.4, 0.5) is 0 Å². The highest BCUT2D eigenvalue weighted by atomic mass is 35.5. The van der Waals surface area contributed by atoms with Gasteiger partial charge >= 0.3 is 5.97 Å². The van der Waals surface area contributed by atoms with Crippen LogP contribution in [0.25, 0.3) is 32.9 Å². The molecule has 8 bridgehead atoms. The molecule has 0 unspecified atom stereocenters. The number of carbonyl (C=O) groups is 1. The van der Waals surface area contributed by atoms with E-state index >= 15 is 0 Å². The Kier molecular flexibility index (Phi) is 8.82. The maximum absolute atomic E-state index is 13.5. The second-order valence-corrected chi connectivity index (χ2v) is 14.8. The van der Waals surface area contributed by atoms with E-state index in [-0.39, 0.29) is 5.97 Å². The molecule has 8 rings (SSSR count). The van der Waals surface area contributed by atoms with E-state index in [9.17, 15) is 4.79 Å². The lowest BCUT2D eigenvalue weighted by atomic mass is 9.95. The minimum atomic E-state index is -0.372. The zero-order valence-electron chi connectivity index (χ0n) is 28.8. The molecule has 258 valence electrons. The van der Waals surface area contributed by atoms with Crippen LogP contribution in [0.1, 0.15) is 58.1 Å². The van der Waals surface area contributed by atoms with Crippen LogP contribution in [0, 0.1) is 0 Å². The van der Waals surface area contributed by atoms with Crippen molar-refractivity contribution in [1.82, 2.24) is 34.0 Å². The lowest BCUT2D eigenvalue weighted by Crippen LogP contribution is -2.18. The van der Waals surface area contributed by atoms with E-state index in [0.29, 0.717) is 43.3 Å². The minimum absolute atomic E-state index is 0.372. The van der Waals surface area contributed by atoms with Crippen LogP contribution in [0.2, 0.25) is 5.02 Å². The highest BCUT2D eigenvalue weighted by Gasteiger charge is 2.30. The van der Waals surface area contributed by atoms with Gasteiger partial charge in [0.1, 0.15) is 17.0 Å². The van der Waals surface area contributed by atoms with Crippen molar-refractivity contribution in [2.75, 3.05) is 20.8 Å². The van der Waals surface area contributed by atoms with Crippen LogP contribution in [0.15, 0.2) is 53.6 Å². The number of methoxy groups -OCH3 is 1. The average Bonchev–Trinajstić information content (AvgIpc) is 3.74. The van der Waals surface area contributed by atoms with Crippen molar-refractivity contribution in [2.24, 2.45) is 14.1 Å². The molecule has 10 nitrogen and oxygen atoms in total. The summed E-state index contributed by atoms with van der Waals surface area (Å²) in [6, 6.07) is 14.5. The number of pyridine rings is 1. The number of fused-ring (bicyclic) bond motifs is 10. The van der Waals surface area contributed by atoms with Gasteiger partial charge in [-0.05, 0) is 75.0 Å². The summed E-state index contributed by atoms with van der Waals surface area (Å²) in [6.45, 7) is 2.61. The van der Waals surface area contributed by atoms with Gasteiger partial charge in [0.25, 0.3) is 0 Å². The molecule has 0 radical (unpaired) electrons. The lowest BCUT2D eigenvalue weighted by molar-refractivity contribution is 0.0589. The Morgan fingerprint density at radius 1 is 1.00 bits per heavy atom. The van der Waals surface area contributed by atoms with Gasteiger partial charge in [-0.2, -0.15) is 10.2 Å². The molecule has 2 aromatic carbocycles. The van der Waals surface area contributed by atoms with Crippen molar-refractivity contribution < 1.29 is 14.3 Å². The van der Waals surface area contributed by atoms with Crippen molar-refractivity contribution in [2.45, 2.75) is 62.4 Å². The van der Waals surface area contributed by atoms with Gasteiger partial charge in [-0.15, -0.1) is 11.8 Å². The highest BCUT2D eigenvalue weighted by molar-refractivity contribution is 7.98. The zero-order valence-corrected chi connectivity index (χ0v) is 30.4.